The Morgan fingerprint density at radius 2 is 1.92 bits per heavy atom. The maximum absolute atomic E-state index is 14.4. The highest BCUT2D eigenvalue weighted by Gasteiger charge is 2.60. The van der Waals surface area contributed by atoms with E-state index in [4.69, 9.17) is 4.74 Å². The summed E-state index contributed by atoms with van der Waals surface area (Å²) in [7, 11) is 2.11. The van der Waals surface area contributed by atoms with Crippen LogP contribution in [0.2, 0.25) is 0 Å². The summed E-state index contributed by atoms with van der Waals surface area (Å²) in [6.07, 6.45) is 3.02. The fourth-order valence-electron chi connectivity index (χ4n) is 9.73. The maximum Gasteiger partial charge on any atom is 0.392 e. The molecule has 1 amide bonds. The summed E-state index contributed by atoms with van der Waals surface area (Å²) in [5.41, 5.74) is 7.07. The van der Waals surface area contributed by atoms with Gasteiger partial charge in [-0.05, 0) is 81.1 Å². The van der Waals surface area contributed by atoms with Gasteiger partial charge >= 0.3 is 6.18 Å². The monoisotopic (exact) mass is 553 g/mol. The molecule has 7 fully saturated rings. The van der Waals surface area contributed by atoms with Gasteiger partial charge in [-0.3, -0.25) is 9.69 Å². The number of rotatable bonds is 6. The van der Waals surface area contributed by atoms with E-state index in [0.717, 1.165) is 77.5 Å². The molecule has 7 nitrogen and oxygen atoms in total. The first-order valence-corrected chi connectivity index (χ1v) is 15.4. The highest BCUT2D eigenvalue weighted by Crippen LogP contribution is 2.58. The van der Waals surface area contributed by atoms with Crippen LogP contribution in [0.1, 0.15) is 58.3 Å². The van der Waals surface area contributed by atoms with Crippen LogP contribution in [0.25, 0.3) is 0 Å². The van der Waals surface area contributed by atoms with Gasteiger partial charge in [-0.2, -0.15) is 13.2 Å². The lowest BCUT2D eigenvalue weighted by Crippen LogP contribution is -2.56. The van der Waals surface area contributed by atoms with Crippen LogP contribution in [0, 0.1) is 46.3 Å². The molecule has 0 bridgehead atoms. The number of fused-ring (bicyclic) bond motifs is 2. The number of nitrogens with one attached hydrogen (secondary N) is 2. The topological polar surface area (TPSA) is 60.1 Å². The number of alkyl halides is 3. The second-order valence-electron chi connectivity index (χ2n) is 14.8. The normalized spacial score (nSPS) is 46.3. The third kappa shape index (κ3) is 4.74. The molecule has 4 saturated heterocycles. The van der Waals surface area contributed by atoms with Gasteiger partial charge in [0.15, 0.2) is 0 Å². The molecule has 39 heavy (non-hydrogen) atoms. The smallest absolute Gasteiger partial charge is 0.380 e. The first-order valence-electron chi connectivity index (χ1n) is 15.4. The Bertz CT molecular complexity index is 962. The first kappa shape index (κ1) is 26.9. The van der Waals surface area contributed by atoms with Gasteiger partial charge in [0, 0.05) is 43.6 Å². The maximum atomic E-state index is 14.4. The summed E-state index contributed by atoms with van der Waals surface area (Å²) < 4.78 is 49.0. The van der Waals surface area contributed by atoms with E-state index >= 15 is 0 Å². The second-order valence-corrected chi connectivity index (χ2v) is 14.8. The standard InChI is InChI=1S/C29H46F3N5O2/c1-27-9-20(27)12-36(14-27)11-18-6-22-23(24(7-18)29(30,31)32)13-37(26(22)38)21-5-3-4-19(8-21)28(15-39-16-28)10-25-34-33-17-35(25)2/h18-25,33-34H,3-17H2,1-2H3. The number of halogens is 3. The number of piperidine rings is 1. The van der Waals surface area contributed by atoms with Crippen LogP contribution in [0.4, 0.5) is 13.2 Å². The molecule has 2 N–H and O–H groups in total. The highest BCUT2D eigenvalue weighted by atomic mass is 19.4. The van der Waals surface area contributed by atoms with E-state index in [1.807, 2.05) is 4.90 Å². The van der Waals surface area contributed by atoms with E-state index in [1.165, 1.54) is 6.42 Å². The summed E-state index contributed by atoms with van der Waals surface area (Å²) in [4.78, 5) is 20.4. The molecule has 4 aliphatic heterocycles. The SMILES string of the molecule is CN1CNNC1CC1(C2CCCC(N3CC4C(CC(CN5CC6CC6(C)C5)CC4C(F)(F)F)C3=O)C2)COC1. The minimum atomic E-state index is -4.24. The zero-order chi connectivity index (χ0) is 27.2. The van der Waals surface area contributed by atoms with Crippen LogP contribution in [0.5, 0.6) is 0 Å². The van der Waals surface area contributed by atoms with Gasteiger partial charge in [-0.1, -0.05) is 13.3 Å². The molecule has 0 aromatic carbocycles. The third-order valence-electron chi connectivity index (χ3n) is 12.2. The van der Waals surface area contributed by atoms with Crippen molar-refractivity contribution in [3.63, 3.8) is 0 Å². The van der Waals surface area contributed by atoms with Gasteiger partial charge in [0.1, 0.15) is 0 Å². The molecule has 0 aromatic rings. The Hall–Kier alpha value is -0.940. The minimum absolute atomic E-state index is 0.0149. The molecule has 0 radical (unpaired) electrons. The van der Waals surface area contributed by atoms with Crippen LogP contribution in [0.15, 0.2) is 0 Å². The van der Waals surface area contributed by atoms with E-state index in [2.05, 4.69) is 34.6 Å². The van der Waals surface area contributed by atoms with Crippen LogP contribution in [-0.2, 0) is 9.53 Å². The van der Waals surface area contributed by atoms with E-state index in [9.17, 15) is 18.0 Å². The van der Waals surface area contributed by atoms with Crippen molar-refractivity contribution in [3.05, 3.63) is 0 Å². The predicted molar refractivity (Wildman–Crippen MR) is 140 cm³/mol. The van der Waals surface area contributed by atoms with Crippen LogP contribution in [-0.4, -0.2) is 92.1 Å². The molecule has 10 heteroatoms. The van der Waals surface area contributed by atoms with Gasteiger partial charge in [0.2, 0.25) is 5.91 Å². The van der Waals surface area contributed by atoms with Crippen LogP contribution < -0.4 is 10.9 Å². The molecule has 220 valence electrons. The molecule has 0 aromatic heterocycles. The molecular weight excluding hydrogens is 507 g/mol. The molecule has 3 aliphatic carbocycles. The van der Waals surface area contributed by atoms with Gasteiger partial charge in [-0.15, -0.1) is 0 Å². The number of carbonyl (C=O) groups is 1. The molecular formula is C29H46F3N5O2. The number of hydrazine groups is 1. The van der Waals surface area contributed by atoms with Crippen molar-refractivity contribution in [1.29, 1.82) is 0 Å². The highest BCUT2D eigenvalue weighted by molar-refractivity contribution is 5.82. The Morgan fingerprint density at radius 1 is 1.10 bits per heavy atom. The van der Waals surface area contributed by atoms with E-state index in [-0.39, 0.29) is 35.9 Å². The Kier molecular flexibility index (Phi) is 6.59. The summed E-state index contributed by atoms with van der Waals surface area (Å²) in [5.74, 6) is -1.27. The number of nitrogens with zero attached hydrogens (tertiary/aromatic N) is 3. The number of amides is 1. The lowest BCUT2D eigenvalue weighted by atomic mass is 9.64. The Labute approximate surface area is 230 Å². The Balaban J connectivity index is 1.04. The number of likely N-dealkylation sites (tertiary alicyclic amines) is 2. The lowest BCUT2D eigenvalue weighted by molar-refractivity contribution is -0.204. The average molecular weight is 554 g/mol. The summed E-state index contributed by atoms with van der Waals surface area (Å²) >= 11 is 0. The van der Waals surface area contributed by atoms with Crippen molar-refractivity contribution in [2.24, 2.45) is 46.3 Å². The number of carbonyl (C=O) groups excluding carboxylic acids is 1. The van der Waals surface area contributed by atoms with Crippen LogP contribution in [0.3, 0.4) is 0 Å². The van der Waals surface area contributed by atoms with Crippen molar-refractivity contribution < 1.29 is 22.7 Å². The number of hydrogen-bond acceptors (Lipinski definition) is 6. The average Bonchev–Trinajstić information content (AvgIpc) is 3.15. The van der Waals surface area contributed by atoms with Gasteiger partial charge < -0.3 is 14.5 Å². The van der Waals surface area contributed by atoms with Crippen molar-refractivity contribution >= 4 is 5.91 Å². The van der Waals surface area contributed by atoms with Crippen molar-refractivity contribution in [1.82, 2.24) is 25.6 Å². The molecule has 0 spiro atoms. The molecule has 7 rings (SSSR count). The third-order valence-corrected chi connectivity index (χ3v) is 12.2. The van der Waals surface area contributed by atoms with Crippen molar-refractivity contribution in [2.75, 3.05) is 53.1 Å². The molecule has 4 heterocycles. The van der Waals surface area contributed by atoms with E-state index < -0.39 is 23.9 Å². The summed E-state index contributed by atoms with van der Waals surface area (Å²) in [5, 5.41) is 0. The fraction of sp³-hybridized carbons (Fsp3) is 0.966. The van der Waals surface area contributed by atoms with E-state index in [0.29, 0.717) is 24.3 Å². The van der Waals surface area contributed by atoms with Crippen molar-refractivity contribution in [3.8, 4) is 0 Å². The quantitative estimate of drug-likeness (QED) is 0.527. The van der Waals surface area contributed by atoms with Gasteiger partial charge in [0.05, 0.1) is 32.0 Å². The van der Waals surface area contributed by atoms with Crippen molar-refractivity contribution in [2.45, 2.75) is 76.7 Å². The second kappa shape index (κ2) is 9.54. The largest absolute Gasteiger partial charge is 0.392 e. The summed E-state index contributed by atoms with van der Waals surface area (Å²) in [6.45, 7) is 7.64. The minimum Gasteiger partial charge on any atom is -0.380 e. The first-order chi connectivity index (χ1) is 18.5. The lowest BCUT2D eigenvalue weighted by Gasteiger charge is -2.52. The Morgan fingerprint density at radius 3 is 2.56 bits per heavy atom. The fourth-order valence-corrected chi connectivity index (χ4v) is 9.73. The zero-order valence-electron chi connectivity index (χ0n) is 23.5. The predicted octanol–water partition coefficient (Wildman–Crippen LogP) is 3.28. The molecule has 9 unspecified atom stereocenters. The molecule has 3 saturated carbocycles. The van der Waals surface area contributed by atoms with Gasteiger partial charge in [-0.25, -0.2) is 10.9 Å². The molecule has 7 aliphatic rings. The number of hydrogen-bond donors (Lipinski definition) is 2. The number of ether oxygens (including phenoxy) is 1. The summed E-state index contributed by atoms with van der Waals surface area (Å²) in [6, 6.07) is 0.0599. The van der Waals surface area contributed by atoms with Crippen LogP contribution >= 0.6 is 0 Å². The van der Waals surface area contributed by atoms with E-state index in [1.54, 1.807) is 0 Å². The van der Waals surface area contributed by atoms with Gasteiger partial charge in [0.25, 0.3) is 0 Å². The zero-order valence-corrected chi connectivity index (χ0v) is 23.5. The molecule has 9 atom stereocenters.